The van der Waals surface area contributed by atoms with Crippen molar-refractivity contribution in [3.8, 4) is 5.75 Å². The van der Waals surface area contributed by atoms with Crippen molar-refractivity contribution in [2.24, 2.45) is 5.73 Å². The Morgan fingerprint density at radius 2 is 1.88 bits per heavy atom. The van der Waals surface area contributed by atoms with Gasteiger partial charge in [0.15, 0.2) is 0 Å². The summed E-state index contributed by atoms with van der Waals surface area (Å²) < 4.78 is 10.9. The number of benzene rings is 1. The van der Waals surface area contributed by atoms with E-state index in [0.29, 0.717) is 12.2 Å². The minimum atomic E-state index is -0.167. The van der Waals surface area contributed by atoms with Crippen molar-refractivity contribution in [1.82, 2.24) is 0 Å². The van der Waals surface area contributed by atoms with E-state index < -0.39 is 0 Å². The number of nitrogens with two attached hydrogens (primary N) is 1. The second-order valence-corrected chi connectivity index (χ2v) is 4.50. The maximum Gasteiger partial charge on any atom is 0.122 e. The average molecular weight is 236 g/mol. The number of ether oxygens (including phenoxy) is 2. The Morgan fingerprint density at radius 1 is 1.29 bits per heavy atom. The fraction of sp³-hybridized carbons (Fsp3) is 0.462. The Kier molecular flexibility index (Phi) is 4.52. The lowest BCUT2D eigenvalue weighted by atomic mass is 10.1. The van der Waals surface area contributed by atoms with E-state index in [1.165, 1.54) is 0 Å². The lowest BCUT2D eigenvalue weighted by molar-refractivity contribution is 0.00546. The molecule has 0 unspecified atom stereocenters. The van der Waals surface area contributed by atoms with E-state index in [2.05, 4.69) is 0 Å². The van der Waals surface area contributed by atoms with Crippen molar-refractivity contribution in [3.63, 3.8) is 0 Å². The van der Waals surface area contributed by atoms with Crippen LogP contribution in [-0.2, 0) is 4.74 Å². The van der Waals surface area contributed by atoms with Gasteiger partial charge in [0.05, 0.1) is 12.2 Å². The van der Waals surface area contributed by atoms with Crippen LogP contribution < -0.4 is 10.5 Å². The first-order valence-electron chi connectivity index (χ1n) is 5.57. The summed E-state index contributed by atoms with van der Waals surface area (Å²) in [5, 5.41) is 7.27. The molecule has 4 nitrogen and oxygen atoms in total. The summed E-state index contributed by atoms with van der Waals surface area (Å²) >= 11 is 0. The zero-order chi connectivity index (χ0) is 12.9. The Labute approximate surface area is 102 Å². The standard InChI is InChI=1S/C13H20N2O2/c1-13(2,16-3)8-9-17-11-6-4-10(5-7-11)12(14)15/h4-7H,8-9H2,1-3H3,(H3,14,15). The van der Waals surface area contributed by atoms with Gasteiger partial charge in [0, 0.05) is 19.1 Å². The van der Waals surface area contributed by atoms with E-state index in [4.69, 9.17) is 20.6 Å². The van der Waals surface area contributed by atoms with Crippen LogP contribution in [0.1, 0.15) is 25.8 Å². The predicted octanol–water partition coefficient (Wildman–Crippen LogP) is 2.16. The summed E-state index contributed by atoms with van der Waals surface area (Å²) in [7, 11) is 1.70. The maximum absolute atomic E-state index is 7.27. The Bertz CT molecular complexity index is 372. The third kappa shape index (κ3) is 4.44. The van der Waals surface area contributed by atoms with Crippen LogP contribution in [0.2, 0.25) is 0 Å². The molecule has 0 bridgehead atoms. The van der Waals surface area contributed by atoms with Crippen molar-refractivity contribution < 1.29 is 9.47 Å². The van der Waals surface area contributed by atoms with Gasteiger partial charge in [-0.2, -0.15) is 0 Å². The average Bonchev–Trinajstić information content (AvgIpc) is 2.29. The molecule has 0 heterocycles. The minimum absolute atomic E-state index is 0.0667. The topological polar surface area (TPSA) is 68.3 Å². The molecular weight excluding hydrogens is 216 g/mol. The van der Waals surface area contributed by atoms with Crippen LogP contribution >= 0.6 is 0 Å². The molecule has 0 aliphatic carbocycles. The molecule has 1 rings (SSSR count). The van der Waals surface area contributed by atoms with E-state index in [1.807, 2.05) is 26.0 Å². The number of hydrogen-bond acceptors (Lipinski definition) is 3. The van der Waals surface area contributed by atoms with Crippen LogP contribution in [-0.4, -0.2) is 25.2 Å². The third-order valence-electron chi connectivity index (χ3n) is 2.69. The van der Waals surface area contributed by atoms with Crippen LogP contribution in [0.4, 0.5) is 0 Å². The minimum Gasteiger partial charge on any atom is -0.493 e. The van der Waals surface area contributed by atoms with E-state index in [9.17, 15) is 0 Å². The summed E-state index contributed by atoms with van der Waals surface area (Å²) in [5.74, 6) is 0.846. The predicted molar refractivity (Wildman–Crippen MR) is 68.7 cm³/mol. The molecule has 0 saturated heterocycles. The van der Waals surface area contributed by atoms with Gasteiger partial charge in [-0.25, -0.2) is 0 Å². The van der Waals surface area contributed by atoms with Gasteiger partial charge < -0.3 is 15.2 Å². The largest absolute Gasteiger partial charge is 0.493 e. The second-order valence-electron chi connectivity index (χ2n) is 4.50. The number of hydrogen-bond donors (Lipinski definition) is 2. The summed E-state index contributed by atoms with van der Waals surface area (Å²) in [5.41, 5.74) is 5.90. The molecule has 0 fully saturated rings. The summed E-state index contributed by atoms with van der Waals surface area (Å²) in [6.07, 6.45) is 0.817. The molecule has 3 N–H and O–H groups in total. The normalized spacial score (nSPS) is 11.2. The van der Waals surface area contributed by atoms with E-state index in [1.54, 1.807) is 19.2 Å². The van der Waals surface area contributed by atoms with Crippen molar-refractivity contribution >= 4 is 5.84 Å². The highest BCUT2D eigenvalue weighted by atomic mass is 16.5. The van der Waals surface area contributed by atoms with Gasteiger partial charge in [-0.15, -0.1) is 0 Å². The highest BCUT2D eigenvalue weighted by molar-refractivity contribution is 5.94. The van der Waals surface area contributed by atoms with Gasteiger partial charge in [-0.3, -0.25) is 5.41 Å². The first kappa shape index (κ1) is 13.5. The summed E-state index contributed by atoms with van der Waals surface area (Å²) in [6, 6.07) is 7.19. The molecule has 0 radical (unpaired) electrons. The molecule has 0 atom stereocenters. The Hall–Kier alpha value is -1.55. The number of nitrogen functional groups attached to an aromatic ring is 1. The Morgan fingerprint density at radius 3 is 2.35 bits per heavy atom. The molecule has 0 aliphatic rings. The second kappa shape index (κ2) is 5.68. The first-order chi connectivity index (χ1) is 7.94. The molecule has 94 valence electrons. The van der Waals surface area contributed by atoms with Gasteiger partial charge >= 0.3 is 0 Å². The molecule has 1 aromatic rings. The number of amidine groups is 1. The monoisotopic (exact) mass is 236 g/mol. The lowest BCUT2D eigenvalue weighted by Crippen LogP contribution is -2.25. The SMILES string of the molecule is COC(C)(C)CCOc1ccc(C(=N)N)cc1. The van der Waals surface area contributed by atoms with Crippen LogP contribution in [0.5, 0.6) is 5.75 Å². The van der Waals surface area contributed by atoms with E-state index >= 15 is 0 Å². The summed E-state index contributed by atoms with van der Waals surface area (Å²) in [4.78, 5) is 0. The first-order valence-corrected chi connectivity index (χ1v) is 5.57. The molecule has 0 aromatic heterocycles. The molecule has 1 aromatic carbocycles. The van der Waals surface area contributed by atoms with Crippen molar-refractivity contribution in [2.45, 2.75) is 25.9 Å². The fourth-order valence-electron chi connectivity index (χ4n) is 1.25. The van der Waals surface area contributed by atoms with Crippen molar-refractivity contribution in [1.29, 1.82) is 5.41 Å². The fourth-order valence-corrected chi connectivity index (χ4v) is 1.25. The zero-order valence-electron chi connectivity index (χ0n) is 10.6. The smallest absolute Gasteiger partial charge is 0.122 e. The van der Waals surface area contributed by atoms with Crippen molar-refractivity contribution in [3.05, 3.63) is 29.8 Å². The highest BCUT2D eigenvalue weighted by Crippen LogP contribution is 2.16. The van der Waals surface area contributed by atoms with Crippen LogP contribution in [0.3, 0.4) is 0 Å². The summed E-state index contributed by atoms with van der Waals surface area (Å²) in [6.45, 7) is 4.64. The number of nitrogens with one attached hydrogen (secondary N) is 1. The quantitative estimate of drug-likeness (QED) is 0.587. The van der Waals surface area contributed by atoms with Crippen LogP contribution in [0.15, 0.2) is 24.3 Å². The molecular formula is C13H20N2O2. The molecule has 0 spiro atoms. The van der Waals surface area contributed by atoms with Crippen molar-refractivity contribution in [2.75, 3.05) is 13.7 Å². The van der Waals surface area contributed by atoms with Crippen LogP contribution in [0.25, 0.3) is 0 Å². The van der Waals surface area contributed by atoms with E-state index in [0.717, 1.165) is 12.2 Å². The van der Waals surface area contributed by atoms with Gasteiger partial charge in [-0.1, -0.05) is 0 Å². The highest BCUT2D eigenvalue weighted by Gasteiger charge is 2.15. The lowest BCUT2D eigenvalue weighted by Gasteiger charge is -2.22. The van der Waals surface area contributed by atoms with Gasteiger partial charge in [0.2, 0.25) is 0 Å². The maximum atomic E-state index is 7.27. The van der Waals surface area contributed by atoms with Gasteiger partial charge in [-0.05, 0) is 38.1 Å². The van der Waals surface area contributed by atoms with Crippen LogP contribution in [0, 0.1) is 5.41 Å². The third-order valence-corrected chi connectivity index (χ3v) is 2.69. The van der Waals surface area contributed by atoms with Gasteiger partial charge in [0.1, 0.15) is 11.6 Å². The Balaban J connectivity index is 2.45. The zero-order valence-corrected chi connectivity index (χ0v) is 10.6. The molecule has 0 amide bonds. The number of methoxy groups -OCH3 is 1. The van der Waals surface area contributed by atoms with E-state index in [-0.39, 0.29) is 11.4 Å². The number of rotatable bonds is 6. The van der Waals surface area contributed by atoms with Gasteiger partial charge in [0.25, 0.3) is 0 Å². The molecule has 17 heavy (non-hydrogen) atoms. The molecule has 0 saturated carbocycles. The molecule has 4 heteroatoms. The molecule has 0 aliphatic heterocycles.